The Bertz CT molecular complexity index is 1340. The van der Waals surface area contributed by atoms with Gasteiger partial charge in [0, 0.05) is 13.7 Å². The molecule has 0 aliphatic carbocycles. The zero-order valence-electron chi connectivity index (χ0n) is 30.7. The second-order valence-corrected chi connectivity index (χ2v) is 36.1. The third-order valence-corrected chi connectivity index (χ3v) is 25.6. The molecule has 22 heteroatoms. The SMILES string of the molecule is COCCOCCC[Si](C)(O[Si](C)(C)O[Si](C)(C)C)O[Si](C)(CCc1ccc(C(=O)OC(C(F)(F)F)C(F)(F)S(=O)(=O)O)cc1)O[Si](C)(C)C. The van der Waals surface area contributed by atoms with Crippen LogP contribution in [0.2, 0.25) is 77.6 Å². The van der Waals surface area contributed by atoms with E-state index in [0.717, 1.165) is 12.1 Å². The number of ether oxygens (including phenoxy) is 3. The molecule has 0 fully saturated rings. The van der Waals surface area contributed by atoms with Crippen molar-refractivity contribution in [1.29, 1.82) is 0 Å². The number of carbonyl (C=O) groups is 1. The first-order chi connectivity index (χ1) is 22.3. The van der Waals surface area contributed by atoms with Crippen LogP contribution in [0.5, 0.6) is 0 Å². The minimum atomic E-state index is -6.56. The molecule has 0 aliphatic heterocycles. The van der Waals surface area contributed by atoms with Gasteiger partial charge in [-0.1, -0.05) is 12.1 Å². The van der Waals surface area contributed by atoms with Crippen molar-refractivity contribution in [3.8, 4) is 0 Å². The first kappa shape index (κ1) is 47.1. The van der Waals surface area contributed by atoms with Crippen molar-refractivity contribution in [3.05, 3.63) is 35.4 Å². The maximum absolute atomic E-state index is 13.9. The van der Waals surface area contributed by atoms with Crippen molar-refractivity contribution < 1.29 is 70.4 Å². The number of esters is 1. The van der Waals surface area contributed by atoms with Crippen molar-refractivity contribution in [1.82, 2.24) is 0 Å². The van der Waals surface area contributed by atoms with Gasteiger partial charge in [0.05, 0.1) is 18.8 Å². The lowest BCUT2D eigenvalue weighted by molar-refractivity contribution is -0.248. The molecule has 0 heterocycles. The summed E-state index contributed by atoms with van der Waals surface area (Å²) in [5, 5.41) is -5.83. The van der Waals surface area contributed by atoms with Gasteiger partial charge in [-0.3, -0.25) is 4.55 Å². The van der Waals surface area contributed by atoms with E-state index in [2.05, 4.69) is 24.4 Å². The van der Waals surface area contributed by atoms with E-state index in [9.17, 15) is 35.2 Å². The molecule has 11 nitrogen and oxygen atoms in total. The summed E-state index contributed by atoms with van der Waals surface area (Å²) in [6.07, 6.45) is -9.39. The molecule has 1 rings (SSSR count). The Hall–Kier alpha value is -0.906. The van der Waals surface area contributed by atoms with Gasteiger partial charge in [-0.25, -0.2) is 4.79 Å². The van der Waals surface area contributed by atoms with E-state index in [1.54, 1.807) is 7.11 Å². The standard InChI is InChI=1S/C28H53F5O11SSi5/c1-38-19-20-39-18-12-21-49(10,43-48(8,9)41-46(2,3)4)44-50(11,42-47(5,6)7)22-17-23-13-15-24(16-14-23)25(34)40-26(27(29,30)31)28(32,33)45(35,36)37/h13-16,26H,12,17-22H2,1-11H3,(H,35,36,37). The van der Waals surface area contributed by atoms with Gasteiger partial charge < -0.3 is 30.7 Å². The van der Waals surface area contributed by atoms with Gasteiger partial charge in [0.2, 0.25) is 0 Å². The summed E-state index contributed by atoms with van der Waals surface area (Å²) in [4.78, 5) is 12.4. The minimum Gasteiger partial charge on any atom is -0.441 e. The van der Waals surface area contributed by atoms with Gasteiger partial charge >= 0.3 is 53.2 Å². The fraction of sp³-hybridized carbons (Fsp3) is 0.750. The Morgan fingerprint density at radius 2 is 1.28 bits per heavy atom. The van der Waals surface area contributed by atoms with E-state index in [-0.39, 0.29) is 0 Å². The Morgan fingerprint density at radius 1 is 0.760 bits per heavy atom. The van der Waals surface area contributed by atoms with Crippen LogP contribution in [-0.4, -0.2) is 106 Å². The number of benzene rings is 1. The molecule has 1 aromatic rings. The molecule has 0 saturated carbocycles. The van der Waals surface area contributed by atoms with Crippen molar-refractivity contribution in [2.75, 3.05) is 26.9 Å². The van der Waals surface area contributed by atoms with Gasteiger partial charge in [0.15, 0.2) is 16.6 Å². The molecule has 0 bridgehead atoms. The maximum Gasteiger partial charge on any atom is 0.432 e. The Morgan fingerprint density at radius 3 is 1.74 bits per heavy atom. The second-order valence-electron chi connectivity index (χ2n) is 14.6. The van der Waals surface area contributed by atoms with Crippen LogP contribution >= 0.6 is 0 Å². The van der Waals surface area contributed by atoms with E-state index in [4.69, 9.17) is 30.5 Å². The predicted molar refractivity (Wildman–Crippen MR) is 191 cm³/mol. The monoisotopic (exact) mass is 832 g/mol. The summed E-state index contributed by atoms with van der Waals surface area (Å²) in [6, 6.07) is 6.00. The molecule has 0 saturated heterocycles. The molecule has 0 amide bonds. The molecule has 3 atom stereocenters. The summed E-state index contributed by atoms with van der Waals surface area (Å²) in [7, 11) is -17.8. The maximum atomic E-state index is 13.9. The number of aryl methyl sites for hydroxylation is 1. The van der Waals surface area contributed by atoms with Crippen LogP contribution in [0, 0.1) is 0 Å². The van der Waals surface area contributed by atoms with Crippen LogP contribution in [-0.2, 0) is 47.2 Å². The number of methoxy groups -OCH3 is 1. The number of hydrogen-bond donors (Lipinski definition) is 1. The van der Waals surface area contributed by atoms with Crippen LogP contribution in [0.25, 0.3) is 0 Å². The van der Waals surface area contributed by atoms with Crippen molar-refractivity contribution in [3.63, 3.8) is 0 Å². The highest BCUT2D eigenvalue weighted by molar-refractivity contribution is 7.86. The summed E-state index contributed by atoms with van der Waals surface area (Å²) < 4.78 is 140. The van der Waals surface area contributed by atoms with Crippen LogP contribution in [0.4, 0.5) is 22.0 Å². The van der Waals surface area contributed by atoms with Crippen LogP contribution in [0.1, 0.15) is 22.3 Å². The number of halogens is 5. The average Bonchev–Trinajstić information content (AvgIpc) is 2.88. The van der Waals surface area contributed by atoms with E-state index in [1.165, 1.54) is 12.1 Å². The largest absolute Gasteiger partial charge is 0.441 e. The zero-order valence-corrected chi connectivity index (χ0v) is 36.5. The molecular weight excluding hydrogens is 780 g/mol. The fourth-order valence-electron chi connectivity index (χ4n) is 5.18. The smallest absolute Gasteiger partial charge is 0.432 e. The molecule has 3 unspecified atom stereocenters. The number of carbonyl (C=O) groups excluding carboxylic acids is 1. The van der Waals surface area contributed by atoms with Crippen molar-refractivity contribution in [2.24, 2.45) is 0 Å². The van der Waals surface area contributed by atoms with E-state index in [0.29, 0.717) is 50.3 Å². The zero-order chi connectivity index (χ0) is 39.0. The first-order valence-corrected chi connectivity index (χ1v) is 32.0. The predicted octanol–water partition coefficient (Wildman–Crippen LogP) is 7.43. The fourth-order valence-corrected chi connectivity index (χ4v) is 29.3. The Balaban J connectivity index is 3.28. The minimum absolute atomic E-state index is 0.366. The average molecular weight is 833 g/mol. The summed E-state index contributed by atoms with van der Waals surface area (Å²) in [5.74, 6) is -1.86. The second kappa shape index (κ2) is 17.9. The lowest BCUT2D eigenvalue weighted by Gasteiger charge is -2.44. The summed E-state index contributed by atoms with van der Waals surface area (Å²) in [5.41, 5.74) is 0.0886. The highest BCUT2D eigenvalue weighted by Crippen LogP contribution is 2.38. The quantitative estimate of drug-likeness (QED) is 0.0411. The molecule has 0 spiro atoms. The van der Waals surface area contributed by atoms with Crippen LogP contribution < -0.4 is 0 Å². The molecule has 0 aromatic heterocycles. The van der Waals surface area contributed by atoms with E-state index < -0.39 is 81.5 Å². The van der Waals surface area contributed by atoms with Crippen LogP contribution in [0.15, 0.2) is 24.3 Å². The Kier molecular flexibility index (Phi) is 16.9. The van der Waals surface area contributed by atoms with Gasteiger partial charge in [0.25, 0.3) is 6.10 Å². The van der Waals surface area contributed by atoms with E-state index >= 15 is 0 Å². The Labute approximate surface area is 298 Å². The number of rotatable bonds is 22. The summed E-state index contributed by atoms with van der Waals surface area (Å²) >= 11 is 0. The van der Waals surface area contributed by atoms with Crippen molar-refractivity contribution >= 4 is 58.4 Å². The highest BCUT2D eigenvalue weighted by atomic mass is 32.2. The molecule has 0 radical (unpaired) electrons. The van der Waals surface area contributed by atoms with Gasteiger partial charge in [-0.2, -0.15) is 30.4 Å². The lowest BCUT2D eigenvalue weighted by Crippen LogP contribution is -2.60. The normalized spacial score (nSPS) is 16.8. The molecule has 1 N–H and O–H groups in total. The molecule has 1 aromatic carbocycles. The van der Waals surface area contributed by atoms with Gasteiger partial charge in [-0.15, -0.1) is 0 Å². The first-order valence-electron chi connectivity index (χ1n) is 15.9. The van der Waals surface area contributed by atoms with Crippen molar-refractivity contribution in [2.45, 2.75) is 108 Å². The lowest BCUT2D eigenvalue weighted by atomic mass is 10.1. The topological polar surface area (TPSA) is 136 Å². The van der Waals surface area contributed by atoms with Crippen LogP contribution in [0.3, 0.4) is 0 Å². The summed E-state index contributed by atoms with van der Waals surface area (Å²) in [6.45, 7) is 21.8. The molecule has 50 heavy (non-hydrogen) atoms. The third kappa shape index (κ3) is 16.8. The highest BCUT2D eigenvalue weighted by Gasteiger charge is 2.66. The number of alkyl halides is 5. The number of hydrogen-bond acceptors (Lipinski definition) is 10. The molecule has 292 valence electrons. The van der Waals surface area contributed by atoms with Gasteiger partial charge in [0.1, 0.15) is 0 Å². The third-order valence-electron chi connectivity index (χ3n) is 6.55. The molecule has 0 aliphatic rings. The molecular formula is C28H53F5O11SSi5. The van der Waals surface area contributed by atoms with E-state index in [1.807, 2.05) is 45.8 Å². The van der Waals surface area contributed by atoms with Gasteiger partial charge in [-0.05, 0) is 108 Å².